The lowest BCUT2D eigenvalue weighted by Crippen LogP contribution is -2.54. The molecule has 162 valence electrons. The summed E-state index contributed by atoms with van der Waals surface area (Å²) < 4.78 is 0. The number of urea groups is 1. The molecule has 4 heterocycles. The van der Waals surface area contributed by atoms with Crippen LogP contribution in [0.4, 0.5) is 4.79 Å². The van der Waals surface area contributed by atoms with Crippen LogP contribution in [-0.2, 0) is 0 Å². The Morgan fingerprint density at radius 1 is 1.03 bits per heavy atom. The average molecular weight is 410 g/mol. The number of fused-ring (bicyclic) bond motifs is 1. The Morgan fingerprint density at radius 2 is 1.87 bits per heavy atom. The molecule has 0 spiro atoms. The van der Waals surface area contributed by atoms with Crippen LogP contribution in [0.5, 0.6) is 0 Å². The zero-order valence-electron chi connectivity index (χ0n) is 18.0. The number of hydrogen-bond donors (Lipinski definition) is 2. The largest absolute Gasteiger partial charge is 0.346 e. The number of carbonyl (C=O) groups excluding carboxylic acids is 1. The van der Waals surface area contributed by atoms with Crippen LogP contribution >= 0.6 is 0 Å². The van der Waals surface area contributed by atoms with E-state index in [-0.39, 0.29) is 6.03 Å². The summed E-state index contributed by atoms with van der Waals surface area (Å²) in [6.45, 7) is 3.92. The molecule has 2 amide bonds. The minimum atomic E-state index is 0.143. The van der Waals surface area contributed by atoms with E-state index in [9.17, 15) is 4.79 Å². The second-order valence-electron chi connectivity index (χ2n) is 9.48. The van der Waals surface area contributed by atoms with E-state index in [1.165, 1.54) is 56.0 Å². The molecular formula is C24H35N5O. The number of aromatic amines is 1. The van der Waals surface area contributed by atoms with Gasteiger partial charge in [0.15, 0.2) is 0 Å². The van der Waals surface area contributed by atoms with Crippen LogP contribution in [0.25, 0.3) is 11.0 Å². The Balaban J connectivity index is 1.13. The van der Waals surface area contributed by atoms with Crippen molar-refractivity contribution in [2.75, 3.05) is 26.2 Å². The molecule has 0 aromatic carbocycles. The summed E-state index contributed by atoms with van der Waals surface area (Å²) in [5.41, 5.74) is 2.32. The highest BCUT2D eigenvalue weighted by Crippen LogP contribution is 2.32. The van der Waals surface area contributed by atoms with E-state index < -0.39 is 0 Å². The van der Waals surface area contributed by atoms with Gasteiger partial charge in [-0.25, -0.2) is 9.78 Å². The van der Waals surface area contributed by atoms with Crippen molar-refractivity contribution in [3.63, 3.8) is 0 Å². The van der Waals surface area contributed by atoms with Crippen molar-refractivity contribution in [1.82, 2.24) is 25.1 Å². The zero-order valence-corrected chi connectivity index (χ0v) is 18.0. The van der Waals surface area contributed by atoms with Gasteiger partial charge in [-0.1, -0.05) is 19.3 Å². The molecule has 6 nitrogen and oxygen atoms in total. The highest BCUT2D eigenvalue weighted by Gasteiger charge is 2.30. The summed E-state index contributed by atoms with van der Waals surface area (Å²) in [7, 11) is 0. The number of aromatic nitrogens is 2. The van der Waals surface area contributed by atoms with Gasteiger partial charge in [0, 0.05) is 49.5 Å². The molecule has 1 unspecified atom stereocenters. The van der Waals surface area contributed by atoms with Gasteiger partial charge < -0.3 is 15.2 Å². The van der Waals surface area contributed by atoms with Crippen molar-refractivity contribution in [1.29, 1.82) is 0 Å². The van der Waals surface area contributed by atoms with Crippen molar-refractivity contribution in [3.05, 3.63) is 30.1 Å². The van der Waals surface area contributed by atoms with Crippen LogP contribution in [-0.4, -0.2) is 64.1 Å². The Kier molecular flexibility index (Phi) is 5.93. The number of nitrogens with one attached hydrogen (secondary N) is 2. The van der Waals surface area contributed by atoms with Gasteiger partial charge in [0.2, 0.25) is 0 Å². The number of rotatable bonds is 3. The Hall–Kier alpha value is -2.08. The highest BCUT2D eigenvalue weighted by atomic mass is 16.2. The Bertz CT molecular complexity index is 850. The summed E-state index contributed by atoms with van der Waals surface area (Å²) in [5.74, 6) is 0.503. The lowest BCUT2D eigenvalue weighted by molar-refractivity contribution is 0.107. The van der Waals surface area contributed by atoms with Gasteiger partial charge in [-0.3, -0.25) is 4.90 Å². The van der Waals surface area contributed by atoms with E-state index in [1.807, 2.05) is 17.2 Å². The van der Waals surface area contributed by atoms with Gasteiger partial charge in [-0.15, -0.1) is 0 Å². The van der Waals surface area contributed by atoms with E-state index >= 15 is 0 Å². The SMILES string of the molecule is O=C(NC1CCCN(C2CCCCC2)C1)N1CCC(c2c[nH]c3ncccc23)CC1. The average Bonchev–Trinajstić information content (AvgIpc) is 3.24. The van der Waals surface area contributed by atoms with E-state index in [0.717, 1.165) is 50.6 Å². The number of nitrogens with zero attached hydrogens (tertiary/aromatic N) is 3. The van der Waals surface area contributed by atoms with Gasteiger partial charge in [0.25, 0.3) is 0 Å². The van der Waals surface area contributed by atoms with Crippen molar-refractivity contribution in [3.8, 4) is 0 Å². The molecule has 1 aliphatic carbocycles. The maximum absolute atomic E-state index is 12.9. The van der Waals surface area contributed by atoms with Crippen molar-refractivity contribution >= 4 is 17.1 Å². The number of likely N-dealkylation sites (tertiary alicyclic amines) is 2. The minimum absolute atomic E-state index is 0.143. The third kappa shape index (κ3) is 4.20. The van der Waals surface area contributed by atoms with Gasteiger partial charge in [0.05, 0.1) is 0 Å². The van der Waals surface area contributed by atoms with Crippen LogP contribution < -0.4 is 5.32 Å². The number of amides is 2. The second-order valence-corrected chi connectivity index (χ2v) is 9.48. The third-order valence-electron chi connectivity index (χ3n) is 7.58. The highest BCUT2D eigenvalue weighted by molar-refractivity contribution is 5.80. The molecule has 30 heavy (non-hydrogen) atoms. The molecule has 1 saturated carbocycles. The monoisotopic (exact) mass is 409 g/mol. The molecule has 1 atom stereocenters. The fraction of sp³-hybridized carbons (Fsp3) is 0.667. The second kappa shape index (κ2) is 8.96. The predicted molar refractivity (Wildman–Crippen MR) is 120 cm³/mol. The number of pyridine rings is 1. The first-order valence-corrected chi connectivity index (χ1v) is 12.0. The number of carbonyl (C=O) groups is 1. The Morgan fingerprint density at radius 3 is 2.70 bits per heavy atom. The molecule has 0 bridgehead atoms. The number of hydrogen-bond acceptors (Lipinski definition) is 3. The molecule has 3 aliphatic rings. The topological polar surface area (TPSA) is 64.3 Å². The summed E-state index contributed by atoms with van der Waals surface area (Å²) in [6.07, 6.45) is 15.1. The summed E-state index contributed by atoms with van der Waals surface area (Å²) in [6, 6.07) is 5.35. The predicted octanol–water partition coefficient (Wildman–Crippen LogP) is 4.25. The lowest BCUT2D eigenvalue weighted by atomic mass is 9.89. The standard InChI is InChI=1S/C24H35N5O/c30-24(27-19-6-5-13-29(17-19)20-7-2-1-3-8-20)28-14-10-18(11-15-28)22-16-26-23-21(22)9-4-12-25-23/h4,9,12,16,18-20H,1-3,5-8,10-11,13-15,17H2,(H,25,26)(H,27,30). The Labute approximate surface area is 179 Å². The maximum atomic E-state index is 12.9. The maximum Gasteiger partial charge on any atom is 0.317 e. The van der Waals surface area contributed by atoms with Gasteiger partial charge >= 0.3 is 6.03 Å². The third-order valence-corrected chi connectivity index (χ3v) is 7.58. The van der Waals surface area contributed by atoms with E-state index in [1.54, 1.807) is 0 Å². The van der Waals surface area contributed by atoms with Crippen molar-refractivity contribution < 1.29 is 4.79 Å². The van der Waals surface area contributed by atoms with E-state index in [2.05, 4.69) is 32.4 Å². The molecular weight excluding hydrogens is 374 g/mol. The molecule has 2 saturated heterocycles. The smallest absolute Gasteiger partial charge is 0.317 e. The van der Waals surface area contributed by atoms with Gasteiger partial charge in [-0.05, 0) is 68.7 Å². The van der Waals surface area contributed by atoms with E-state index in [0.29, 0.717) is 12.0 Å². The lowest BCUT2D eigenvalue weighted by Gasteiger charge is -2.41. The first-order valence-electron chi connectivity index (χ1n) is 12.0. The van der Waals surface area contributed by atoms with Crippen molar-refractivity contribution in [2.45, 2.75) is 75.8 Å². The van der Waals surface area contributed by atoms with Crippen LogP contribution in [0.15, 0.2) is 24.5 Å². The quantitative estimate of drug-likeness (QED) is 0.797. The number of H-pyrrole nitrogens is 1. The van der Waals surface area contributed by atoms with Crippen LogP contribution in [0.3, 0.4) is 0 Å². The molecule has 6 heteroatoms. The zero-order chi connectivity index (χ0) is 20.3. The normalized spacial score (nSPS) is 24.9. The molecule has 3 fully saturated rings. The fourth-order valence-corrected chi connectivity index (χ4v) is 5.88. The molecule has 2 aliphatic heterocycles. The first-order chi connectivity index (χ1) is 14.8. The van der Waals surface area contributed by atoms with Crippen LogP contribution in [0, 0.1) is 0 Å². The van der Waals surface area contributed by atoms with Crippen molar-refractivity contribution in [2.24, 2.45) is 0 Å². The number of piperidine rings is 2. The van der Waals surface area contributed by atoms with Gasteiger partial charge in [-0.2, -0.15) is 0 Å². The fourth-order valence-electron chi connectivity index (χ4n) is 5.88. The summed E-state index contributed by atoms with van der Waals surface area (Å²) in [5, 5.41) is 4.59. The first kappa shape index (κ1) is 19.9. The molecule has 2 aromatic rings. The molecule has 0 radical (unpaired) electrons. The summed E-state index contributed by atoms with van der Waals surface area (Å²) in [4.78, 5) is 25.3. The summed E-state index contributed by atoms with van der Waals surface area (Å²) >= 11 is 0. The molecule has 5 rings (SSSR count). The van der Waals surface area contributed by atoms with Gasteiger partial charge in [0.1, 0.15) is 5.65 Å². The van der Waals surface area contributed by atoms with E-state index in [4.69, 9.17) is 0 Å². The van der Waals surface area contributed by atoms with Crippen LogP contribution in [0.2, 0.25) is 0 Å². The molecule has 2 aromatic heterocycles. The molecule has 2 N–H and O–H groups in total. The minimum Gasteiger partial charge on any atom is -0.346 e. The van der Waals surface area contributed by atoms with Crippen LogP contribution in [0.1, 0.15) is 69.3 Å².